The lowest BCUT2D eigenvalue weighted by Crippen LogP contribution is -2.38. The summed E-state index contributed by atoms with van der Waals surface area (Å²) in [5, 5.41) is 2.87. The molecule has 1 atom stereocenters. The quantitative estimate of drug-likeness (QED) is 0.649. The van der Waals surface area contributed by atoms with Crippen LogP contribution in [0.3, 0.4) is 0 Å². The van der Waals surface area contributed by atoms with Crippen LogP contribution in [0.2, 0.25) is 0 Å². The molecule has 0 aliphatic carbocycles. The number of benzene rings is 2. The highest BCUT2D eigenvalue weighted by Gasteiger charge is 2.19. The van der Waals surface area contributed by atoms with Crippen LogP contribution in [-0.2, 0) is 11.2 Å². The van der Waals surface area contributed by atoms with Gasteiger partial charge in [0, 0.05) is 6.54 Å². The van der Waals surface area contributed by atoms with E-state index in [1.807, 2.05) is 38.1 Å². The SMILES string of the molecule is CCOc1ccccc1CCCNC(=O)[C@H](CC)Oc1ccccc1F. The summed E-state index contributed by atoms with van der Waals surface area (Å²) in [6.45, 7) is 4.94. The number of halogens is 1. The second-order valence-electron chi connectivity index (χ2n) is 5.88. The van der Waals surface area contributed by atoms with Crippen molar-refractivity contribution < 1.29 is 18.7 Å². The molecule has 2 rings (SSSR count). The van der Waals surface area contributed by atoms with E-state index in [9.17, 15) is 9.18 Å². The van der Waals surface area contributed by atoms with Gasteiger partial charge in [0.05, 0.1) is 6.61 Å². The number of carbonyl (C=O) groups excluding carboxylic acids is 1. The van der Waals surface area contributed by atoms with Crippen LogP contribution in [0.1, 0.15) is 32.3 Å². The van der Waals surface area contributed by atoms with E-state index >= 15 is 0 Å². The van der Waals surface area contributed by atoms with Gasteiger partial charge in [0.15, 0.2) is 17.7 Å². The third-order valence-corrected chi connectivity index (χ3v) is 3.96. The summed E-state index contributed by atoms with van der Waals surface area (Å²) in [6.07, 6.45) is 1.35. The van der Waals surface area contributed by atoms with E-state index in [2.05, 4.69) is 5.32 Å². The van der Waals surface area contributed by atoms with Crippen molar-refractivity contribution in [3.8, 4) is 11.5 Å². The largest absolute Gasteiger partial charge is 0.494 e. The molecule has 0 fully saturated rings. The number of hydrogen-bond donors (Lipinski definition) is 1. The van der Waals surface area contributed by atoms with E-state index in [4.69, 9.17) is 9.47 Å². The van der Waals surface area contributed by atoms with Crippen LogP contribution in [0.25, 0.3) is 0 Å². The molecule has 26 heavy (non-hydrogen) atoms. The molecule has 0 spiro atoms. The highest BCUT2D eigenvalue weighted by atomic mass is 19.1. The molecule has 4 nitrogen and oxygen atoms in total. The molecule has 0 heterocycles. The monoisotopic (exact) mass is 359 g/mol. The van der Waals surface area contributed by atoms with E-state index in [0.29, 0.717) is 19.6 Å². The highest BCUT2D eigenvalue weighted by molar-refractivity contribution is 5.81. The van der Waals surface area contributed by atoms with Crippen molar-refractivity contribution in [1.82, 2.24) is 5.32 Å². The summed E-state index contributed by atoms with van der Waals surface area (Å²) >= 11 is 0. The maximum absolute atomic E-state index is 13.7. The van der Waals surface area contributed by atoms with Crippen LogP contribution >= 0.6 is 0 Å². The lowest BCUT2D eigenvalue weighted by molar-refractivity contribution is -0.128. The van der Waals surface area contributed by atoms with Crippen molar-refractivity contribution in [3.63, 3.8) is 0 Å². The first-order valence-corrected chi connectivity index (χ1v) is 9.05. The second kappa shape index (κ2) is 10.4. The van der Waals surface area contributed by atoms with Crippen molar-refractivity contribution in [2.45, 2.75) is 39.2 Å². The molecule has 0 saturated heterocycles. The average Bonchev–Trinajstić information content (AvgIpc) is 2.66. The average molecular weight is 359 g/mol. The van der Waals surface area contributed by atoms with Gasteiger partial charge < -0.3 is 14.8 Å². The van der Waals surface area contributed by atoms with Gasteiger partial charge in [0.1, 0.15) is 5.75 Å². The lowest BCUT2D eigenvalue weighted by Gasteiger charge is -2.17. The van der Waals surface area contributed by atoms with E-state index in [1.165, 1.54) is 12.1 Å². The van der Waals surface area contributed by atoms with Crippen molar-refractivity contribution in [3.05, 3.63) is 59.9 Å². The summed E-state index contributed by atoms with van der Waals surface area (Å²) in [5.41, 5.74) is 1.12. The van der Waals surface area contributed by atoms with Gasteiger partial charge in [-0.25, -0.2) is 4.39 Å². The number of aryl methyl sites for hydroxylation is 1. The second-order valence-corrected chi connectivity index (χ2v) is 5.88. The molecule has 1 N–H and O–H groups in total. The molecule has 2 aromatic rings. The first-order valence-electron chi connectivity index (χ1n) is 9.05. The summed E-state index contributed by atoms with van der Waals surface area (Å²) < 4.78 is 24.8. The van der Waals surface area contributed by atoms with Crippen LogP contribution in [0.5, 0.6) is 11.5 Å². The zero-order valence-corrected chi connectivity index (χ0v) is 15.3. The zero-order chi connectivity index (χ0) is 18.8. The van der Waals surface area contributed by atoms with E-state index < -0.39 is 11.9 Å². The number of hydrogen-bond acceptors (Lipinski definition) is 3. The standard InChI is InChI=1S/C21H26FNO3/c1-3-18(26-20-14-8-6-12-17(20)22)21(24)23-15-9-11-16-10-5-7-13-19(16)25-4-2/h5-8,10,12-14,18H,3-4,9,11,15H2,1-2H3,(H,23,24)/t18-/m0/s1. The molecule has 0 aliphatic heterocycles. The minimum absolute atomic E-state index is 0.0974. The number of nitrogens with one attached hydrogen (secondary N) is 1. The fourth-order valence-electron chi connectivity index (χ4n) is 2.63. The predicted molar refractivity (Wildman–Crippen MR) is 100 cm³/mol. The Labute approximate surface area is 154 Å². The van der Waals surface area contributed by atoms with Gasteiger partial charge in [-0.3, -0.25) is 4.79 Å². The van der Waals surface area contributed by atoms with Crippen LogP contribution in [0.4, 0.5) is 4.39 Å². The zero-order valence-electron chi connectivity index (χ0n) is 15.3. The smallest absolute Gasteiger partial charge is 0.261 e. The number of carbonyl (C=O) groups is 1. The Morgan fingerprint density at radius 2 is 1.77 bits per heavy atom. The number of amides is 1. The van der Waals surface area contributed by atoms with Crippen LogP contribution in [0.15, 0.2) is 48.5 Å². The molecule has 0 radical (unpaired) electrons. The fourth-order valence-corrected chi connectivity index (χ4v) is 2.63. The molecule has 5 heteroatoms. The van der Waals surface area contributed by atoms with Gasteiger partial charge >= 0.3 is 0 Å². The van der Waals surface area contributed by atoms with E-state index in [1.54, 1.807) is 12.1 Å². The molecule has 2 aromatic carbocycles. The van der Waals surface area contributed by atoms with Gasteiger partial charge in [-0.2, -0.15) is 0 Å². The van der Waals surface area contributed by atoms with Crippen LogP contribution in [0, 0.1) is 5.82 Å². The molecule has 0 saturated carbocycles. The summed E-state index contributed by atoms with van der Waals surface area (Å²) in [4.78, 5) is 12.3. The fraction of sp³-hybridized carbons (Fsp3) is 0.381. The number of para-hydroxylation sites is 2. The Morgan fingerprint density at radius 3 is 2.46 bits per heavy atom. The molecular weight excluding hydrogens is 333 g/mol. The maximum atomic E-state index is 13.7. The molecule has 0 aromatic heterocycles. The third kappa shape index (κ3) is 5.76. The van der Waals surface area contributed by atoms with Gasteiger partial charge in [-0.15, -0.1) is 0 Å². The number of rotatable bonds is 10. The minimum Gasteiger partial charge on any atom is -0.494 e. The number of ether oxygens (including phenoxy) is 2. The van der Waals surface area contributed by atoms with Crippen molar-refractivity contribution in [2.24, 2.45) is 0 Å². The summed E-state index contributed by atoms with van der Waals surface area (Å²) in [6, 6.07) is 14.0. The van der Waals surface area contributed by atoms with Gasteiger partial charge in [-0.1, -0.05) is 37.3 Å². The van der Waals surface area contributed by atoms with Crippen LogP contribution < -0.4 is 14.8 Å². The molecule has 0 unspecified atom stereocenters. The Hall–Kier alpha value is -2.56. The first-order chi connectivity index (χ1) is 12.7. The van der Waals surface area contributed by atoms with E-state index in [0.717, 1.165) is 24.2 Å². The third-order valence-electron chi connectivity index (χ3n) is 3.96. The molecule has 140 valence electrons. The minimum atomic E-state index is -0.706. The Morgan fingerprint density at radius 1 is 1.08 bits per heavy atom. The maximum Gasteiger partial charge on any atom is 0.261 e. The van der Waals surface area contributed by atoms with Gasteiger partial charge in [0.2, 0.25) is 0 Å². The van der Waals surface area contributed by atoms with E-state index in [-0.39, 0.29) is 11.7 Å². The van der Waals surface area contributed by atoms with Crippen LogP contribution in [-0.4, -0.2) is 25.2 Å². The first kappa shape index (κ1) is 19.8. The van der Waals surface area contributed by atoms with Gasteiger partial charge in [-0.05, 0) is 49.9 Å². The Kier molecular flexibility index (Phi) is 7.93. The highest BCUT2D eigenvalue weighted by Crippen LogP contribution is 2.20. The lowest BCUT2D eigenvalue weighted by atomic mass is 10.1. The van der Waals surface area contributed by atoms with Crippen molar-refractivity contribution in [1.29, 1.82) is 0 Å². The normalized spacial score (nSPS) is 11.7. The van der Waals surface area contributed by atoms with Crippen molar-refractivity contribution in [2.75, 3.05) is 13.2 Å². The predicted octanol–water partition coefficient (Wildman–Crippen LogP) is 4.13. The summed E-state index contributed by atoms with van der Waals surface area (Å²) in [7, 11) is 0. The molecular formula is C21H26FNO3. The topological polar surface area (TPSA) is 47.6 Å². The molecule has 0 aliphatic rings. The Bertz CT molecular complexity index is 705. The molecule has 0 bridgehead atoms. The Balaban J connectivity index is 1.81. The molecule has 1 amide bonds. The van der Waals surface area contributed by atoms with Crippen molar-refractivity contribution >= 4 is 5.91 Å². The summed E-state index contributed by atoms with van der Waals surface area (Å²) in [5.74, 6) is 0.288. The van der Waals surface area contributed by atoms with Gasteiger partial charge in [0.25, 0.3) is 5.91 Å².